The molecule has 0 amide bonds. The van der Waals surface area contributed by atoms with Crippen LogP contribution in [0, 0.1) is 0 Å². The first-order valence-electron chi connectivity index (χ1n) is 4.31. The van der Waals surface area contributed by atoms with E-state index in [1.54, 1.807) is 0 Å². The highest BCUT2D eigenvalue weighted by atomic mass is 79.9. The first-order chi connectivity index (χ1) is 7.65. The van der Waals surface area contributed by atoms with Gasteiger partial charge in [0.05, 0.1) is 6.61 Å². The number of carbonyl (C=O) groups excluding carboxylic acids is 1. The Hall–Kier alpha value is -1.02. The monoisotopic (exact) mass is 321 g/mol. The SMILES string of the molecule is CCOC(=O)C(CC(F)(F)C(F)(F)Br)N=[N+]=[N-]. The summed E-state index contributed by atoms with van der Waals surface area (Å²) in [6, 6.07) is -2.00. The Balaban J connectivity index is 4.89. The Labute approximate surface area is 102 Å². The van der Waals surface area contributed by atoms with E-state index in [9.17, 15) is 22.4 Å². The summed E-state index contributed by atoms with van der Waals surface area (Å²) >= 11 is 1.50. The molecule has 0 aromatic rings. The average Bonchev–Trinajstić information content (AvgIpc) is 2.15. The van der Waals surface area contributed by atoms with Gasteiger partial charge < -0.3 is 4.74 Å². The quantitative estimate of drug-likeness (QED) is 0.188. The summed E-state index contributed by atoms with van der Waals surface area (Å²) < 4.78 is 55.0. The van der Waals surface area contributed by atoms with Crippen LogP contribution in [0.2, 0.25) is 0 Å². The third-order valence-corrected chi connectivity index (χ3v) is 2.19. The molecule has 17 heavy (non-hydrogen) atoms. The van der Waals surface area contributed by atoms with Crippen LogP contribution in [0.3, 0.4) is 0 Å². The zero-order chi connectivity index (χ0) is 13.7. The van der Waals surface area contributed by atoms with Gasteiger partial charge in [0, 0.05) is 11.3 Å². The van der Waals surface area contributed by atoms with E-state index in [2.05, 4.69) is 14.8 Å². The lowest BCUT2D eigenvalue weighted by atomic mass is 10.1. The number of halogens is 5. The van der Waals surface area contributed by atoms with Crippen molar-refractivity contribution in [3.05, 3.63) is 10.4 Å². The highest BCUT2D eigenvalue weighted by Gasteiger charge is 2.55. The Bertz CT molecular complexity index is 328. The van der Waals surface area contributed by atoms with Gasteiger partial charge in [-0.05, 0) is 28.4 Å². The highest BCUT2D eigenvalue weighted by molar-refractivity contribution is 9.10. The maximum Gasteiger partial charge on any atom is 0.363 e. The summed E-state index contributed by atoms with van der Waals surface area (Å²) in [7, 11) is 0. The van der Waals surface area contributed by atoms with Crippen molar-refractivity contribution in [2.75, 3.05) is 6.61 Å². The van der Waals surface area contributed by atoms with Crippen molar-refractivity contribution >= 4 is 21.9 Å². The van der Waals surface area contributed by atoms with E-state index in [4.69, 9.17) is 5.53 Å². The zero-order valence-corrected chi connectivity index (χ0v) is 10.1. The van der Waals surface area contributed by atoms with Gasteiger partial charge in [0.2, 0.25) is 0 Å². The summed E-state index contributed by atoms with van der Waals surface area (Å²) in [6.07, 6.45) is -1.64. The van der Waals surface area contributed by atoms with Crippen molar-refractivity contribution in [2.24, 2.45) is 5.11 Å². The fraction of sp³-hybridized carbons (Fsp3) is 0.857. The predicted molar refractivity (Wildman–Crippen MR) is 53.0 cm³/mol. The molecule has 0 bridgehead atoms. The lowest BCUT2D eigenvalue weighted by Crippen LogP contribution is -2.40. The summed E-state index contributed by atoms with van der Waals surface area (Å²) in [5.41, 5.74) is 8.06. The molecule has 0 saturated heterocycles. The van der Waals surface area contributed by atoms with Gasteiger partial charge in [-0.2, -0.15) is 17.6 Å². The molecule has 0 rings (SSSR count). The Morgan fingerprint density at radius 1 is 1.53 bits per heavy atom. The Morgan fingerprint density at radius 3 is 2.41 bits per heavy atom. The fourth-order valence-electron chi connectivity index (χ4n) is 0.831. The summed E-state index contributed by atoms with van der Waals surface area (Å²) in [5.74, 6) is -5.82. The van der Waals surface area contributed by atoms with Gasteiger partial charge >= 0.3 is 16.7 Å². The largest absolute Gasteiger partial charge is 0.466 e. The van der Waals surface area contributed by atoms with Crippen LogP contribution in [0.5, 0.6) is 0 Å². The van der Waals surface area contributed by atoms with E-state index in [1.807, 2.05) is 0 Å². The molecule has 0 spiro atoms. The zero-order valence-electron chi connectivity index (χ0n) is 8.54. The van der Waals surface area contributed by atoms with Gasteiger partial charge in [-0.15, -0.1) is 0 Å². The maximum atomic E-state index is 12.9. The van der Waals surface area contributed by atoms with Crippen LogP contribution in [0.4, 0.5) is 17.6 Å². The van der Waals surface area contributed by atoms with Crippen LogP contribution >= 0.6 is 15.9 Å². The normalized spacial score (nSPS) is 13.8. The smallest absolute Gasteiger partial charge is 0.363 e. The van der Waals surface area contributed by atoms with Gasteiger partial charge in [-0.3, -0.25) is 4.79 Å². The fourth-order valence-corrected chi connectivity index (χ4v) is 0.993. The van der Waals surface area contributed by atoms with Gasteiger partial charge in [0.15, 0.2) is 0 Å². The Morgan fingerprint density at radius 2 is 2.06 bits per heavy atom. The topological polar surface area (TPSA) is 75.1 Å². The lowest BCUT2D eigenvalue weighted by molar-refractivity contribution is -0.165. The summed E-state index contributed by atoms with van der Waals surface area (Å²) in [6.45, 7) is 1.24. The molecule has 0 heterocycles. The van der Waals surface area contributed by atoms with E-state index < -0.39 is 29.2 Å². The third-order valence-electron chi connectivity index (χ3n) is 1.61. The van der Waals surface area contributed by atoms with Crippen LogP contribution in [-0.4, -0.2) is 29.4 Å². The molecular weight excluding hydrogens is 314 g/mol. The van der Waals surface area contributed by atoms with Crippen LogP contribution in [0.15, 0.2) is 5.11 Å². The van der Waals surface area contributed by atoms with Crippen molar-refractivity contribution in [1.29, 1.82) is 0 Å². The number of nitrogens with zero attached hydrogens (tertiary/aromatic N) is 3. The molecule has 1 unspecified atom stereocenters. The minimum atomic E-state index is -4.54. The molecule has 5 nitrogen and oxygen atoms in total. The van der Waals surface area contributed by atoms with Gasteiger partial charge in [-0.1, -0.05) is 5.11 Å². The standard InChI is InChI=1S/C7H8BrF4N3O2/c1-2-17-5(16)4(14-15-13)3-6(9,10)7(8,11)12/h4H,2-3H2,1H3. The lowest BCUT2D eigenvalue weighted by Gasteiger charge is -2.23. The van der Waals surface area contributed by atoms with Gasteiger partial charge in [0.25, 0.3) is 0 Å². The Kier molecular flexibility index (Phi) is 5.70. The van der Waals surface area contributed by atoms with Crippen molar-refractivity contribution in [2.45, 2.75) is 30.1 Å². The summed E-state index contributed by atoms with van der Waals surface area (Å²) in [4.78, 5) is 8.69. The average molecular weight is 322 g/mol. The van der Waals surface area contributed by atoms with Crippen molar-refractivity contribution < 1.29 is 27.1 Å². The molecule has 0 fully saturated rings. The highest BCUT2D eigenvalue weighted by Crippen LogP contribution is 2.42. The molecule has 0 radical (unpaired) electrons. The van der Waals surface area contributed by atoms with E-state index in [1.165, 1.54) is 22.9 Å². The summed E-state index contributed by atoms with van der Waals surface area (Å²) in [5, 5.41) is 2.71. The number of esters is 1. The van der Waals surface area contributed by atoms with E-state index in [-0.39, 0.29) is 6.61 Å². The van der Waals surface area contributed by atoms with E-state index in [0.717, 1.165) is 0 Å². The molecule has 0 saturated carbocycles. The van der Waals surface area contributed by atoms with Gasteiger partial charge in [-0.25, -0.2) is 0 Å². The number of rotatable bonds is 6. The number of hydrogen-bond donors (Lipinski definition) is 0. The molecule has 1 atom stereocenters. The van der Waals surface area contributed by atoms with Gasteiger partial charge in [0.1, 0.15) is 6.04 Å². The molecule has 0 aliphatic carbocycles. The van der Waals surface area contributed by atoms with Crippen molar-refractivity contribution in [3.8, 4) is 0 Å². The van der Waals surface area contributed by atoms with E-state index in [0.29, 0.717) is 0 Å². The molecule has 98 valence electrons. The number of alkyl halides is 5. The maximum absolute atomic E-state index is 12.9. The second-order valence-electron chi connectivity index (χ2n) is 2.88. The van der Waals surface area contributed by atoms with Crippen LogP contribution < -0.4 is 0 Å². The minimum absolute atomic E-state index is 0.146. The first kappa shape index (κ1) is 16.0. The third kappa shape index (κ3) is 4.78. The molecule has 0 aromatic heterocycles. The first-order valence-corrected chi connectivity index (χ1v) is 5.10. The molecule has 0 aliphatic rings. The van der Waals surface area contributed by atoms with Crippen LogP contribution in [-0.2, 0) is 9.53 Å². The van der Waals surface area contributed by atoms with Crippen molar-refractivity contribution in [3.63, 3.8) is 0 Å². The van der Waals surface area contributed by atoms with Crippen LogP contribution in [0.1, 0.15) is 13.3 Å². The molecule has 0 N–H and O–H groups in total. The molecular formula is C7H8BrF4N3O2. The van der Waals surface area contributed by atoms with Crippen molar-refractivity contribution in [1.82, 2.24) is 0 Å². The molecule has 10 heteroatoms. The van der Waals surface area contributed by atoms with Crippen LogP contribution in [0.25, 0.3) is 10.4 Å². The molecule has 0 aliphatic heterocycles. The molecule has 0 aromatic carbocycles. The second kappa shape index (κ2) is 6.06. The number of ether oxygens (including phenoxy) is 1. The number of azide groups is 1. The number of hydrogen-bond acceptors (Lipinski definition) is 3. The van der Waals surface area contributed by atoms with E-state index >= 15 is 0 Å². The predicted octanol–water partition coefficient (Wildman–Crippen LogP) is 3.24. The second-order valence-corrected chi connectivity index (χ2v) is 3.88. The minimum Gasteiger partial charge on any atom is -0.466 e. The number of carbonyl (C=O) groups is 1.